The summed E-state index contributed by atoms with van der Waals surface area (Å²) in [5.74, 6) is 0.863. The molecule has 2 atom stereocenters. The van der Waals surface area contributed by atoms with Gasteiger partial charge in [-0.25, -0.2) is 4.79 Å². The zero-order chi connectivity index (χ0) is 12.1. The van der Waals surface area contributed by atoms with Gasteiger partial charge in [0.05, 0.1) is 6.61 Å². The fourth-order valence-electron chi connectivity index (χ4n) is 1.76. The monoisotopic (exact) mass is 243 g/mol. The van der Waals surface area contributed by atoms with E-state index < -0.39 is 0 Å². The van der Waals surface area contributed by atoms with Gasteiger partial charge in [-0.1, -0.05) is 13.5 Å². The Morgan fingerprint density at radius 2 is 2.25 bits per heavy atom. The van der Waals surface area contributed by atoms with Gasteiger partial charge in [-0.15, -0.1) is 0 Å². The molecule has 0 aromatic rings. The first-order valence-electron chi connectivity index (χ1n) is 5.76. The molecule has 1 fully saturated rings. The largest absolute Gasteiger partial charge is 0.463 e. The number of hydrogen-bond acceptors (Lipinski definition) is 4. The van der Waals surface area contributed by atoms with E-state index in [0.29, 0.717) is 30.0 Å². The quantitative estimate of drug-likeness (QED) is 0.557. The first kappa shape index (κ1) is 13.6. The number of ether oxygens (including phenoxy) is 1. The van der Waals surface area contributed by atoms with Crippen LogP contribution in [0.1, 0.15) is 20.8 Å². The molecule has 0 saturated carbocycles. The van der Waals surface area contributed by atoms with Gasteiger partial charge in [-0.3, -0.25) is 4.90 Å². The van der Waals surface area contributed by atoms with Crippen molar-refractivity contribution in [2.75, 3.05) is 25.4 Å². The van der Waals surface area contributed by atoms with Crippen LogP contribution in [-0.4, -0.2) is 47.6 Å². The maximum atomic E-state index is 11.5. The first-order valence-corrected chi connectivity index (χ1v) is 6.81. The van der Waals surface area contributed by atoms with E-state index in [-0.39, 0.29) is 5.97 Å². The highest BCUT2D eigenvalue weighted by atomic mass is 32.2. The Morgan fingerprint density at radius 1 is 1.56 bits per heavy atom. The zero-order valence-electron chi connectivity index (χ0n) is 10.4. The smallest absolute Gasteiger partial charge is 0.334 e. The van der Waals surface area contributed by atoms with Crippen molar-refractivity contribution in [2.45, 2.75) is 32.1 Å². The van der Waals surface area contributed by atoms with E-state index >= 15 is 0 Å². The summed E-state index contributed by atoms with van der Waals surface area (Å²) in [6.45, 7) is 12.1. The van der Waals surface area contributed by atoms with Gasteiger partial charge in [0.25, 0.3) is 0 Å². The minimum absolute atomic E-state index is 0.263. The molecule has 4 heteroatoms. The Bertz CT molecular complexity index is 268. The van der Waals surface area contributed by atoms with E-state index in [0.717, 1.165) is 12.3 Å². The van der Waals surface area contributed by atoms with E-state index in [2.05, 4.69) is 25.3 Å². The predicted molar refractivity (Wildman–Crippen MR) is 68.7 cm³/mol. The molecule has 1 aliphatic heterocycles. The van der Waals surface area contributed by atoms with Crippen molar-refractivity contribution >= 4 is 17.7 Å². The van der Waals surface area contributed by atoms with Crippen LogP contribution < -0.4 is 0 Å². The maximum Gasteiger partial charge on any atom is 0.334 e. The van der Waals surface area contributed by atoms with Crippen molar-refractivity contribution in [1.29, 1.82) is 0 Å². The van der Waals surface area contributed by atoms with E-state index in [1.54, 1.807) is 0 Å². The number of rotatable bonds is 4. The normalized spacial score (nSPS) is 26.4. The van der Waals surface area contributed by atoms with Crippen LogP contribution in [0.25, 0.3) is 0 Å². The lowest BCUT2D eigenvalue weighted by Crippen LogP contribution is -2.45. The van der Waals surface area contributed by atoms with Crippen LogP contribution in [0.15, 0.2) is 12.2 Å². The summed E-state index contributed by atoms with van der Waals surface area (Å²) in [6.07, 6.45) is 0. The molecule has 1 saturated heterocycles. The molecule has 1 aliphatic rings. The lowest BCUT2D eigenvalue weighted by Gasteiger charge is -2.37. The summed E-state index contributed by atoms with van der Waals surface area (Å²) in [6, 6.07) is 0.491. The van der Waals surface area contributed by atoms with Gasteiger partial charge in [0, 0.05) is 35.7 Å². The third-order valence-corrected chi connectivity index (χ3v) is 4.31. The van der Waals surface area contributed by atoms with Crippen molar-refractivity contribution in [2.24, 2.45) is 0 Å². The fraction of sp³-hybridized carbons (Fsp3) is 0.750. The van der Waals surface area contributed by atoms with Crippen molar-refractivity contribution in [3.63, 3.8) is 0 Å². The average Bonchev–Trinajstić information content (AvgIpc) is 2.25. The van der Waals surface area contributed by atoms with Gasteiger partial charge in [0.1, 0.15) is 0 Å². The SMILES string of the molecule is C=C(CN1CCSC(C)C1C)C(=O)OCC. The van der Waals surface area contributed by atoms with Gasteiger partial charge >= 0.3 is 5.97 Å². The van der Waals surface area contributed by atoms with Gasteiger partial charge < -0.3 is 4.74 Å². The molecular formula is C12H21NO2S. The second-order valence-corrected chi connectivity index (χ2v) is 5.60. The number of carbonyl (C=O) groups is 1. The number of hydrogen-bond donors (Lipinski definition) is 0. The number of carbonyl (C=O) groups excluding carboxylic acids is 1. The molecule has 0 spiro atoms. The molecule has 0 radical (unpaired) electrons. The van der Waals surface area contributed by atoms with Crippen LogP contribution >= 0.6 is 11.8 Å². The highest BCUT2D eigenvalue weighted by Gasteiger charge is 2.26. The molecule has 0 aliphatic carbocycles. The third-order valence-electron chi connectivity index (χ3n) is 2.97. The van der Waals surface area contributed by atoms with Gasteiger partial charge in [-0.05, 0) is 13.8 Å². The van der Waals surface area contributed by atoms with Gasteiger partial charge in [-0.2, -0.15) is 11.8 Å². The van der Waals surface area contributed by atoms with Crippen LogP contribution in [0, 0.1) is 0 Å². The van der Waals surface area contributed by atoms with Gasteiger partial charge in [0.15, 0.2) is 0 Å². The lowest BCUT2D eigenvalue weighted by atomic mass is 10.1. The molecule has 3 nitrogen and oxygen atoms in total. The average molecular weight is 243 g/mol. The van der Waals surface area contributed by atoms with Crippen molar-refractivity contribution in [3.8, 4) is 0 Å². The Labute approximate surface area is 102 Å². The lowest BCUT2D eigenvalue weighted by molar-refractivity contribution is -0.138. The van der Waals surface area contributed by atoms with E-state index in [4.69, 9.17) is 4.74 Å². The van der Waals surface area contributed by atoms with Gasteiger partial charge in [0.2, 0.25) is 0 Å². The molecule has 1 rings (SSSR count). The fourth-order valence-corrected chi connectivity index (χ4v) is 2.92. The standard InChI is InChI=1S/C12H21NO2S/c1-5-15-12(14)9(2)8-13-6-7-16-11(4)10(13)3/h10-11H,2,5-8H2,1,3-4H3. The number of esters is 1. The molecule has 0 bridgehead atoms. The number of thioether (sulfide) groups is 1. The summed E-state index contributed by atoms with van der Waals surface area (Å²) in [7, 11) is 0. The van der Waals surface area contributed by atoms with Crippen LogP contribution in [0.5, 0.6) is 0 Å². The Hall–Kier alpha value is -0.480. The van der Waals surface area contributed by atoms with Crippen molar-refractivity contribution in [1.82, 2.24) is 4.90 Å². The molecular weight excluding hydrogens is 222 g/mol. The van der Waals surface area contributed by atoms with Crippen LogP contribution in [0.3, 0.4) is 0 Å². The predicted octanol–water partition coefficient (Wildman–Crippen LogP) is 1.93. The van der Waals surface area contributed by atoms with Crippen molar-refractivity contribution < 1.29 is 9.53 Å². The van der Waals surface area contributed by atoms with E-state index in [1.165, 1.54) is 0 Å². The zero-order valence-corrected chi connectivity index (χ0v) is 11.2. The Morgan fingerprint density at radius 3 is 2.88 bits per heavy atom. The summed E-state index contributed by atoms with van der Waals surface area (Å²) in [4.78, 5) is 13.8. The number of nitrogens with zero attached hydrogens (tertiary/aromatic N) is 1. The molecule has 0 aromatic carbocycles. The summed E-state index contributed by atoms with van der Waals surface area (Å²) < 4.78 is 4.94. The van der Waals surface area contributed by atoms with E-state index in [1.807, 2.05) is 18.7 Å². The molecule has 1 heterocycles. The van der Waals surface area contributed by atoms with Crippen molar-refractivity contribution in [3.05, 3.63) is 12.2 Å². The van der Waals surface area contributed by atoms with Crippen LogP contribution in [0.4, 0.5) is 0 Å². The third kappa shape index (κ3) is 3.52. The molecule has 16 heavy (non-hydrogen) atoms. The minimum Gasteiger partial charge on any atom is -0.463 e. The highest BCUT2D eigenvalue weighted by molar-refractivity contribution is 8.00. The minimum atomic E-state index is -0.263. The van der Waals surface area contributed by atoms with Crippen LogP contribution in [-0.2, 0) is 9.53 Å². The maximum absolute atomic E-state index is 11.5. The highest BCUT2D eigenvalue weighted by Crippen LogP contribution is 2.24. The molecule has 0 N–H and O–H groups in total. The first-order chi connectivity index (χ1) is 7.56. The van der Waals surface area contributed by atoms with E-state index in [9.17, 15) is 4.79 Å². The summed E-state index contributed by atoms with van der Waals surface area (Å²) in [5.41, 5.74) is 0.563. The second-order valence-electron chi connectivity index (χ2n) is 4.11. The molecule has 0 amide bonds. The Balaban J connectivity index is 2.46. The Kier molecular flexibility index (Phi) is 5.35. The summed E-state index contributed by atoms with van der Waals surface area (Å²) in [5, 5.41) is 0.615. The topological polar surface area (TPSA) is 29.5 Å². The van der Waals surface area contributed by atoms with Crippen LogP contribution in [0.2, 0.25) is 0 Å². The summed E-state index contributed by atoms with van der Waals surface area (Å²) >= 11 is 1.99. The molecule has 92 valence electrons. The second kappa shape index (κ2) is 6.30. The molecule has 0 aromatic heterocycles. The molecule has 2 unspecified atom stereocenters.